The second-order valence-corrected chi connectivity index (χ2v) is 9.07. The first kappa shape index (κ1) is 25.6. The van der Waals surface area contributed by atoms with Gasteiger partial charge in [-0.05, 0) is 49.6 Å². The number of phenolic OH excluding ortho intramolecular Hbond substituents is 1. The number of rotatable bonds is 9. The molecule has 0 fully saturated rings. The molecule has 0 aliphatic carbocycles. The van der Waals surface area contributed by atoms with E-state index in [2.05, 4.69) is 5.32 Å². The molecule has 0 aliphatic heterocycles. The maximum absolute atomic E-state index is 12.9. The second-order valence-electron chi connectivity index (χ2n) is 9.07. The summed E-state index contributed by atoms with van der Waals surface area (Å²) < 4.78 is 16.6. The zero-order valence-electron chi connectivity index (χ0n) is 20.2. The van der Waals surface area contributed by atoms with E-state index in [1.165, 1.54) is 6.07 Å². The fourth-order valence-corrected chi connectivity index (χ4v) is 3.24. The van der Waals surface area contributed by atoms with E-state index < -0.39 is 23.7 Å². The van der Waals surface area contributed by atoms with Gasteiger partial charge in [-0.25, -0.2) is 9.59 Å². The standard InChI is InChI=1S/C28H31NO6/c1-28(2,3)35-27(32)29-23(26(31)34-19-21-12-8-5-9-13-21)16-22-14-15-24(30)25(17-22)33-18-20-10-6-4-7-11-20/h4-15,17,23,30H,16,18-19H2,1-3H3,(H,29,32). The molecule has 0 aliphatic rings. The summed E-state index contributed by atoms with van der Waals surface area (Å²) in [7, 11) is 0. The van der Waals surface area contributed by atoms with Crippen LogP contribution < -0.4 is 10.1 Å². The molecule has 1 amide bonds. The van der Waals surface area contributed by atoms with Crippen LogP contribution in [0.5, 0.6) is 11.5 Å². The average Bonchev–Trinajstić information content (AvgIpc) is 2.82. The zero-order valence-corrected chi connectivity index (χ0v) is 20.2. The first-order valence-corrected chi connectivity index (χ1v) is 11.4. The predicted molar refractivity (Wildman–Crippen MR) is 132 cm³/mol. The number of esters is 1. The van der Waals surface area contributed by atoms with Crippen LogP contribution in [0.3, 0.4) is 0 Å². The van der Waals surface area contributed by atoms with E-state index in [-0.39, 0.29) is 31.1 Å². The molecule has 0 saturated carbocycles. The third kappa shape index (κ3) is 8.70. The quantitative estimate of drug-likeness (QED) is 0.414. The van der Waals surface area contributed by atoms with Gasteiger partial charge in [-0.3, -0.25) is 0 Å². The van der Waals surface area contributed by atoms with Crippen LogP contribution in [0.2, 0.25) is 0 Å². The van der Waals surface area contributed by atoms with E-state index in [0.29, 0.717) is 5.56 Å². The summed E-state index contributed by atoms with van der Waals surface area (Å²) in [5, 5.41) is 12.8. The van der Waals surface area contributed by atoms with Crippen molar-refractivity contribution in [3.63, 3.8) is 0 Å². The van der Waals surface area contributed by atoms with Crippen molar-refractivity contribution in [2.45, 2.75) is 52.0 Å². The van der Waals surface area contributed by atoms with Crippen LogP contribution in [0.15, 0.2) is 78.9 Å². The zero-order chi connectivity index (χ0) is 25.3. The van der Waals surface area contributed by atoms with E-state index in [1.807, 2.05) is 60.7 Å². The first-order chi connectivity index (χ1) is 16.7. The maximum atomic E-state index is 12.9. The lowest BCUT2D eigenvalue weighted by molar-refractivity contribution is -0.147. The summed E-state index contributed by atoms with van der Waals surface area (Å²) >= 11 is 0. The predicted octanol–water partition coefficient (Wildman–Crippen LogP) is 5.15. The van der Waals surface area contributed by atoms with Crippen molar-refractivity contribution < 1.29 is 28.9 Å². The Kier molecular flexibility index (Phi) is 8.73. The number of hydrogen-bond acceptors (Lipinski definition) is 6. The molecule has 184 valence electrons. The highest BCUT2D eigenvalue weighted by Gasteiger charge is 2.26. The Morgan fingerprint density at radius 3 is 2.06 bits per heavy atom. The molecule has 3 rings (SSSR count). The van der Waals surface area contributed by atoms with Gasteiger partial charge in [0.1, 0.15) is 24.9 Å². The van der Waals surface area contributed by atoms with Crippen LogP contribution in [0.25, 0.3) is 0 Å². The Balaban J connectivity index is 1.72. The molecule has 0 saturated heterocycles. The molecule has 0 heterocycles. The number of carbonyl (C=O) groups excluding carboxylic acids is 2. The molecule has 7 nitrogen and oxygen atoms in total. The van der Waals surface area contributed by atoms with Gasteiger partial charge in [0.2, 0.25) is 0 Å². The van der Waals surface area contributed by atoms with Gasteiger partial charge in [-0.15, -0.1) is 0 Å². The number of ether oxygens (including phenoxy) is 3. The highest BCUT2D eigenvalue weighted by atomic mass is 16.6. The Hall–Kier alpha value is -4.00. The molecule has 7 heteroatoms. The molecule has 3 aromatic carbocycles. The molecule has 35 heavy (non-hydrogen) atoms. The van der Waals surface area contributed by atoms with Gasteiger partial charge in [0.15, 0.2) is 11.5 Å². The minimum atomic E-state index is -1.000. The highest BCUT2D eigenvalue weighted by molar-refractivity contribution is 5.81. The van der Waals surface area contributed by atoms with Crippen molar-refractivity contribution in [1.82, 2.24) is 5.32 Å². The van der Waals surface area contributed by atoms with Crippen molar-refractivity contribution >= 4 is 12.1 Å². The third-order valence-corrected chi connectivity index (χ3v) is 4.90. The number of phenols is 1. The van der Waals surface area contributed by atoms with Gasteiger partial charge in [0.05, 0.1) is 0 Å². The van der Waals surface area contributed by atoms with Crippen LogP contribution in [0.4, 0.5) is 4.79 Å². The monoisotopic (exact) mass is 477 g/mol. The highest BCUT2D eigenvalue weighted by Crippen LogP contribution is 2.28. The fraction of sp³-hybridized carbons (Fsp3) is 0.286. The SMILES string of the molecule is CC(C)(C)OC(=O)NC(Cc1ccc(O)c(OCc2ccccc2)c1)C(=O)OCc1ccccc1. The molecule has 0 radical (unpaired) electrons. The van der Waals surface area contributed by atoms with Crippen molar-refractivity contribution in [2.75, 3.05) is 0 Å². The van der Waals surface area contributed by atoms with Crippen LogP contribution in [-0.2, 0) is 33.9 Å². The van der Waals surface area contributed by atoms with Crippen molar-refractivity contribution in [3.8, 4) is 11.5 Å². The van der Waals surface area contributed by atoms with E-state index in [0.717, 1.165) is 11.1 Å². The summed E-state index contributed by atoms with van der Waals surface area (Å²) in [6.45, 7) is 5.58. The van der Waals surface area contributed by atoms with Gasteiger partial charge in [0, 0.05) is 6.42 Å². The molecule has 1 atom stereocenters. The lowest BCUT2D eigenvalue weighted by Gasteiger charge is -2.23. The van der Waals surface area contributed by atoms with Crippen molar-refractivity contribution in [2.24, 2.45) is 0 Å². The summed E-state index contributed by atoms with van der Waals surface area (Å²) in [5.74, 6) is -0.340. The lowest BCUT2D eigenvalue weighted by atomic mass is 10.1. The van der Waals surface area contributed by atoms with Crippen molar-refractivity contribution in [1.29, 1.82) is 0 Å². The van der Waals surface area contributed by atoms with Gasteiger partial charge >= 0.3 is 12.1 Å². The number of hydrogen-bond donors (Lipinski definition) is 2. The van der Waals surface area contributed by atoms with Crippen LogP contribution in [-0.4, -0.2) is 28.8 Å². The average molecular weight is 478 g/mol. The normalized spacial score (nSPS) is 11.9. The Morgan fingerprint density at radius 1 is 0.857 bits per heavy atom. The summed E-state index contributed by atoms with van der Waals surface area (Å²) in [5.41, 5.74) is 1.73. The van der Waals surface area contributed by atoms with Crippen molar-refractivity contribution in [3.05, 3.63) is 95.6 Å². The summed E-state index contributed by atoms with van der Waals surface area (Å²) in [6.07, 6.45) is -0.604. The van der Waals surface area contributed by atoms with Gasteiger partial charge in [-0.2, -0.15) is 0 Å². The van der Waals surface area contributed by atoms with Crippen LogP contribution in [0.1, 0.15) is 37.5 Å². The Morgan fingerprint density at radius 2 is 1.46 bits per heavy atom. The number of benzene rings is 3. The first-order valence-electron chi connectivity index (χ1n) is 11.4. The van der Waals surface area contributed by atoms with Crippen LogP contribution >= 0.6 is 0 Å². The molecule has 1 unspecified atom stereocenters. The van der Waals surface area contributed by atoms with Gasteiger partial charge in [0.25, 0.3) is 0 Å². The Bertz CT molecular complexity index is 1110. The molecule has 3 aromatic rings. The maximum Gasteiger partial charge on any atom is 0.408 e. The summed E-state index contributed by atoms with van der Waals surface area (Å²) in [4.78, 5) is 25.3. The summed E-state index contributed by atoms with van der Waals surface area (Å²) in [6, 6.07) is 22.7. The lowest BCUT2D eigenvalue weighted by Crippen LogP contribution is -2.45. The van der Waals surface area contributed by atoms with Gasteiger partial charge in [-0.1, -0.05) is 66.7 Å². The number of aromatic hydroxyl groups is 1. The van der Waals surface area contributed by atoms with E-state index in [1.54, 1.807) is 32.9 Å². The molecule has 0 aromatic heterocycles. The topological polar surface area (TPSA) is 94.1 Å². The van der Waals surface area contributed by atoms with E-state index in [9.17, 15) is 14.7 Å². The van der Waals surface area contributed by atoms with Crippen LogP contribution in [0, 0.1) is 0 Å². The van der Waals surface area contributed by atoms with E-state index in [4.69, 9.17) is 14.2 Å². The minimum Gasteiger partial charge on any atom is -0.504 e. The number of amides is 1. The Labute approximate surface area is 205 Å². The molecular weight excluding hydrogens is 446 g/mol. The largest absolute Gasteiger partial charge is 0.504 e. The van der Waals surface area contributed by atoms with E-state index >= 15 is 0 Å². The van der Waals surface area contributed by atoms with Gasteiger partial charge < -0.3 is 24.6 Å². The number of nitrogens with one attached hydrogen (secondary N) is 1. The second kappa shape index (κ2) is 11.9. The smallest absolute Gasteiger partial charge is 0.408 e. The third-order valence-electron chi connectivity index (χ3n) is 4.90. The number of alkyl carbamates (subject to hydrolysis) is 1. The fourth-order valence-electron chi connectivity index (χ4n) is 3.24. The molecular formula is C28H31NO6. The number of carbonyl (C=O) groups is 2. The minimum absolute atomic E-state index is 0.0204. The molecule has 2 N–H and O–H groups in total. The molecule has 0 bridgehead atoms. The molecule has 0 spiro atoms.